The van der Waals surface area contributed by atoms with Crippen molar-refractivity contribution in [3.8, 4) is 0 Å². The second kappa shape index (κ2) is 5.15. The summed E-state index contributed by atoms with van der Waals surface area (Å²) in [7, 11) is 0. The molecule has 2 aliphatic heterocycles. The predicted octanol–water partition coefficient (Wildman–Crippen LogP) is 2.68. The molecule has 0 saturated carbocycles. The molecule has 0 amide bonds. The third-order valence-corrected chi connectivity index (χ3v) is 4.74. The summed E-state index contributed by atoms with van der Waals surface area (Å²) < 4.78 is 6.18. The summed E-state index contributed by atoms with van der Waals surface area (Å²) in [4.78, 5) is 4.70. The average Bonchev–Trinajstić information content (AvgIpc) is 2.55. The minimum atomic E-state index is 0.360. The first-order valence-electron chi connectivity index (χ1n) is 7.59. The van der Waals surface area contributed by atoms with E-state index < -0.39 is 0 Å². The third-order valence-electron chi connectivity index (χ3n) is 4.74. The van der Waals surface area contributed by atoms with Crippen LogP contribution in [0.5, 0.6) is 0 Å². The number of hydrogen-bond donors (Lipinski definition) is 1. The molecule has 3 heteroatoms. The SMILES string of the molecule is c1ccc2c3c(ncc2c1)CC(C1CCNCC1)OC3. The lowest BCUT2D eigenvalue weighted by Crippen LogP contribution is -2.38. The zero-order valence-corrected chi connectivity index (χ0v) is 11.6. The molecule has 1 unspecified atom stereocenters. The standard InChI is InChI=1S/C17H20N2O/c1-2-4-14-13(3-1)10-19-16-9-17(20-11-15(14)16)12-5-7-18-8-6-12/h1-4,10,12,17-18H,5-9,11H2. The second-order valence-electron chi connectivity index (χ2n) is 5.91. The van der Waals surface area contributed by atoms with E-state index >= 15 is 0 Å². The van der Waals surface area contributed by atoms with Gasteiger partial charge in [0.2, 0.25) is 0 Å². The van der Waals surface area contributed by atoms with Crippen LogP contribution in [0.2, 0.25) is 0 Å². The Morgan fingerprint density at radius 1 is 1.15 bits per heavy atom. The predicted molar refractivity (Wildman–Crippen MR) is 79.6 cm³/mol. The minimum absolute atomic E-state index is 0.360. The van der Waals surface area contributed by atoms with Crippen LogP contribution in [0.4, 0.5) is 0 Å². The molecular weight excluding hydrogens is 248 g/mol. The Morgan fingerprint density at radius 3 is 2.90 bits per heavy atom. The molecule has 0 radical (unpaired) electrons. The van der Waals surface area contributed by atoms with Crippen molar-refractivity contribution in [2.45, 2.75) is 32.0 Å². The lowest BCUT2D eigenvalue weighted by Gasteiger charge is -2.34. The van der Waals surface area contributed by atoms with E-state index in [0.717, 1.165) is 26.1 Å². The third kappa shape index (κ3) is 2.11. The molecule has 0 aliphatic carbocycles. The molecule has 1 fully saturated rings. The molecule has 4 rings (SSSR count). The highest BCUT2D eigenvalue weighted by Crippen LogP contribution is 2.31. The highest BCUT2D eigenvalue weighted by atomic mass is 16.5. The Balaban J connectivity index is 1.64. The second-order valence-corrected chi connectivity index (χ2v) is 5.91. The van der Waals surface area contributed by atoms with Gasteiger partial charge in [-0.15, -0.1) is 0 Å². The van der Waals surface area contributed by atoms with Crippen molar-refractivity contribution in [2.75, 3.05) is 13.1 Å². The van der Waals surface area contributed by atoms with Gasteiger partial charge in [0.15, 0.2) is 0 Å². The van der Waals surface area contributed by atoms with Gasteiger partial charge in [-0.3, -0.25) is 4.98 Å². The van der Waals surface area contributed by atoms with Gasteiger partial charge >= 0.3 is 0 Å². The summed E-state index contributed by atoms with van der Waals surface area (Å²) in [6.07, 6.45) is 5.81. The number of ether oxygens (including phenoxy) is 1. The molecule has 0 bridgehead atoms. The first kappa shape index (κ1) is 12.3. The van der Waals surface area contributed by atoms with E-state index in [4.69, 9.17) is 9.72 Å². The number of rotatable bonds is 1. The normalized spacial score (nSPS) is 23.7. The van der Waals surface area contributed by atoms with E-state index in [1.807, 2.05) is 6.20 Å². The van der Waals surface area contributed by atoms with Crippen molar-refractivity contribution >= 4 is 10.8 Å². The molecule has 1 saturated heterocycles. The van der Waals surface area contributed by atoms with Crippen LogP contribution in [0.15, 0.2) is 30.5 Å². The molecule has 3 heterocycles. The Hall–Kier alpha value is -1.45. The molecule has 1 aromatic heterocycles. The van der Waals surface area contributed by atoms with E-state index in [0.29, 0.717) is 12.0 Å². The monoisotopic (exact) mass is 268 g/mol. The Morgan fingerprint density at radius 2 is 2.00 bits per heavy atom. The van der Waals surface area contributed by atoms with Crippen molar-refractivity contribution in [2.24, 2.45) is 5.92 Å². The van der Waals surface area contributed by atoms with E-state index in [9.17, 15) is 0 Å². The number of piperidine rings is 1. The number of nitrogens with zero attached hydrogens (tertiary/aromatic N) is 1. The molecular formula is C17H20N2O. The highest BCUT2D eigenvalue weighted by Gasteiger charge is 2.29. The van der Waals surface area contributed by atoms with Crippen molar-refractivity contribution < 1.29 is 4.74 Å². The molecule has 3 nitrogen and oxygen atoms in total. The highest BCUT2D eigenvalue weighted by molar-refractivity contribution is 5.85. The number of nitrogens with one attached hydrogen (secondary N) is 1. The van der Waals surface area contributed by atoms with Crippen molar-refractivity contribution in [1.82, 2.24) is 10.3 Å². The molecule has 1 aromatic carbocycles. The van der Waals surface area contributed by atoms with Crippen LogP contribution in [0.3, 0.4) is 0 Å². The van der Waals surface area contributed by atoms with Gasteiger partial charge in [0.1, 0.15) is 0 Å². The van der Waals surface area contributed by atoms with E-state index in [1.165, 1.54) is 34.9 Å². The van der Waals surface area contributed by atoms with Crippen LogP contribution in [0, 0.1) is 5.92 Å². The zero-order chi connectivity index (χ0) is 13.4. The maximum absolute atomic E-state index is 6.18. The van der Waals surface area contributed by atoms with Crippen LogP contribution >= 0.6 is 0 Å². The fraction of sp³-hybridized carbons (Fsp3) is 0.471. The molecule has 1 N–H and O–H groups in total. The van der Waals surface area contributed by atoms with Crippen molar-refractivity contribution in [3.63, 3.8) is 0 Å². The first-order chi connectivity index (χ1) is 9.92. The van der Waals surface area contributed by atoms with Gasteiger partial charge in [-0.1, -0.05) is 24.3 Å². The summed E-state index contributed by atoms with van der Waals surface area (Å²) >= 11 is 0. The van der Waals surface area contributed by atoms with E-state index in [-0.39, 0.29) is 0 Å². The first-order valence-corrected chi connectivity index (χ1v) is 7.59. The lowest BCUT2D eigenvalue weighted by molar-refractivity contribution is -0.0186. The van der Waals surface area contributed by atoms with E-state index in [2.05, 4.69) is 29.6 Å². The number of fused-ring (bicyclic) bond motifs is 3. The summed E-state index contributed by atoms with van der Waals surface area (Å²) in [5, 5.41) is 5.95. The number of hydrogen-bond acceptors (Lipinski definition) is 3. The van der Waals surface area contributed by atoms with Crippen molar-refractivity contribution in [1.29, 1.82) is 0 Å². The van der Waals surface area contributed by atoms with E-state index in [1.54, 1.807) is 0 Å². The Kier molecular flexibility index (Phi) is 3.17. The quantitative estimate of drug-likeness (QED) is 0.863. The van der Waals surface area contributed by atoms with Crippen molar-refractivity contribution in [3.05, 3.63) is 41.7 Å². The molecule has 20 heavy (non-hydrogen) atoms. The van der Waals surface area contributed by atoms with Gasteiger partial charge in [0.25, 0.3) is 0 Å². The zero-order valence-electron chi connectivity index (χ0n) is 11.6. The average molecular weight is 268 g/mol. The van der Waals surface area contributed by atoms with Crippen LogP contribution in [-0.2, 0) is 17.8 Å². The largest absolute Gasteiger partial charge is 0.373 e. The topological polar surface area (TPSA) is 34.2 Å². The van der Waals surface area contributed by atoms with Crippen LogP contribution in [-0.4, -0.2) is 24.2 Å². The number of aromatic nitrogens is 1. The smallest absolute Gasteiger partial charge is 0.0744 e. The fourth-order valence-electron chi connectivity index (χ4n) is 3.56. The summed E-state index contributed by atoms with van der Waals surface area (Å²) in [5.74, 6) is 0.692. The number of benzene rings is 1. The minimum Gasteiger partial charge on any atom is -0.373 e. The summed E-state index contributed by atoms with van der Waals surface area (Å²) in [5.41, 5.74) is 2.55. The van der Waals surface area contributed by atoms with Gasteiger partial charge in [-0.25, -0.2) is 0 Å². The molecule has 1 atom stereocenters. The summed E-state index contributed by atoms with van der Waals surface area (Å²) in [6.45, 7) is 2.98. The van der Waals surface area contributed by atoms with Gasteiger partial charge in [0, 0.05) is 29.3 Å². The van der Waals surface area contributed by atoms with Gasteiger partial charge in [-0.05, 0) is 37.2 Å². The molecule has 2 aliphatic rings. The van der Waals surface area contributed by atoms with Gasteiger partial charge < -0.3 is 10.1 Å². The Bertz CT molecular complexity index is 619. The fourth-order valence-corrected chi connectivity index (χ4v) is 3.56. The van der Waals surface area contributed by atoms with Gasteiger partial charge in [0.05, 0.1) is 12.7 Å². The maximum Gasteiger partial charge on any atom is 0.0744 e. The summed E-state index contributed by atoms with van der Waals surface area (Å²) in [6, 6.07) is 8.48. The van der Waals surface area contributed by atoms with Crippen LogP contribution < -0.4 is 5.32 Å². The van der Waals surface area contributed by atoms with Crippen LogP contribution in [0.1, 0.15) is 24.1 Å². The molecule has 2 aromatic rings. The lowest BCUT2D eigenvalue weighted by atomic mass is 9.87. The Labute approximate surface area is 119 Å². The molecule has 104 valence electrons. The van der Waals surface area contributed by atoms with Gasteiger partial charge in [-0.2, -0.15) is 0 Å². The van der Waals surface area contributed by atoms with Crippen LogP contribution in [0.25, 0.3) is 10.8 Å². The number of pyridine rings is 1. The maximum atomic E-state index is 6.18. The molecule has 0 spiro atoms.